The molecule has 1 aromatic rings. The van der Waals surface area contributed by atoms with Crippen molar-refractivity contribution in [2.75, 3.05) is 7.05 Å². The molecule has 4 nitrogen and oxygen atoms in total. The fourth-order valence-corrected chi connectivity index (χ4v) is 3.74. The molecule has 0 heterocycles. The minimum absolute atomic E-state index is 0.0144. The largest absolute Gasteiger partial charge is 0.326 e. The molecule has 0 spiro atoms. The third kappa shape index (κ3) is 2.15. The molecule has 2 rings (SSSR count). The van der Waals surface area contributed by atoms with E-state index in [2.05, 4.69) is 0 Å². The van der Waals surface area contributed by atoms with Crippen LogP contribution in [-0.2, 0) is 16.6 Å². The van der Waals surface area contributed by atoms with Gasteiger partial charge in [-0.05, 0) is 25.0 Å². The van der Waals surface area contributed by atoms with E-state index in [0.717, 1.165) is 19.3 Å². The molecule has 0 atom stereocenters. The summed E-state index contributed by atoms with van der Waals surface area (Å²) in [5, 5.41) is 0. The van der Waals surface area contributed by atoms with Crippen LogP contribution >= 0.6 is 0 Å². The van der Waals surface area contributed by atoms with Gasteiger partial charge >= 0.3 is 0 Å². The van der Waals surface area contributed by atoms with Gasteiger partial charge < -0.3 is 5.73 Å². The Morgan fingerprint density at radius 2 is 2.11 bits per heavy atom. The second-order valence-electron chi connectivity index (χ2n) is 4.53. The first-order chi connectivity index (χ1) is 8.48. The molecule has 0 aromatic heterocycles. The number of benzene rings is 1. The van der Waals surface area contributed by atoms with E-state index in [4.69, 9.17) is 5.73 Å². The van der Waals surface area contributed by atoms with Crippen LogP contribution in [0.25, 0.3) is 0 Å². The van der Waals surface area contributed by atoms with Gasteiger partial charge in [0.2, 0.25) is 10.0 Å². The first-order valence-electron chi connectivity index (χ1n) is 5.94. The Hall–Kier alpha value is -0.980. The summed E-state index contributed by atoms with van der Waals surface area (Å²) in [6.45, 7) is -0.125. The van der Waals surface area contributed by atoms with Gasteiger partial charge in [0.25, 0.3) is 0 Å². The molecule has 0 bridgehead atoms. The van der Waals surface area contributed by atoms with Gasteiger partial charge in [-0.15, -0.1) is 0 Å². The van der Waals surface area contributed by atoms with E-state index in [1.54, 1.807) is 7.05 Å². The van der Waals surface area contributed by atoms with Crippen molar-refractivity contribution in [1.29, 1.82) is 0 Å². The Labute approximate surface area is 107 Å². The van der Waals surface area contributed by atoms with Gasteiger partial charge in [0.1, 0.15) is 5.82 Å². The number of halogens is 1. The van der Waals surface area contributed by atoms with Crippen LogP contribution in [0, 0.1) is 5.82 Å². The van der Waals surface area contributed by atoms with E-state index < -0.39 is 15.8 Å². The lowest BCUT2D eigenvalue weighted by Crippen LogP contribution is -2.41. The zero-order valence-corrected chi connectivity index (χ0v) is 11.1. The van der Waals surface area contributed by atoms with Crippen LogP contribution in [0.15, 0.2) is 23.1 Å². The van der Waals surface area contributed by atoms with Crippen LogP contribution in [0.1, 0.15) is 24.8 Å². The molecule has 0 saturated heterocycles. The van der Waals surface area contributed by atoms with E-state index in [9.17, 15) is 12.8 Å². The fourth-order valence-electron chi connectivity index (χ4n) is 2.08. The smallest absolute Gasteiger partial charge is 0.243 e. The summed E-state index contributed by atoms with van der Waals surface area (Å²) in [4.78, 5) is -0.0144. The van der Waals surface area contributed by atoms with Crippen LogP contribution in [0.4, 0.5) is 4.39 Å². The Bertz CT molecular complexity index is 541. The number of rotatable bonds is 4. The highest BCUT2D eigenvalue weighted by atomic mass is 32.2. The molecule has 100 valence electrons. The summed E-state index contributed by atoms with van der Waals surface area (Å²) in [5.74, 6) is -0.569. The van der Waals surface area contributed by atoms with Crippen LogP contribution in [-0.4, -0.2) is 25.8 Å². The Kier molecular flexibility index (Phi) is 3.70. The minimum atomic E-state index is -3.65. The number of nitrogens with two attached hydrogens (primary N) is 1. The van der Waals surface area contributed by atoms with Gasteiger partial charge in [-0.2, -0.15) is 4.31 Å². The van der Waals surface area contributed by atoms with Crippen molar-refractivity contribution >= 4 is 10.0 Å². The highest BCUT2D eigenvalue weighted by molar-refractivity contribution is 7.89. The van der Waals surface area contributed by atoms with E-state index in [1.165, 1.54) is 22.5 Å². The maximum atomic E-state index is 13.6. The average molecular weight is 272 g/mol. The Balaban J connectivity index is 2.43. The van der Waals surface area contributed by atoms with Crippen LogP contribution in [0.3, 0.4) is 0 Å². The molecule has 0 amide bonds. The minimum Gasteiger partial charge on any atom is -0.326 e. The molecule has 1 aromatic carbocycles. The second-order valence-corrected chi connectivity index (χ2v) is 6.49. The van der Waals surface area contributed by atoms with Gasteiger partial charge in [-0.25, -0.2) is 12.8 Å². The van der Waals surface area contributed by atoms with Gasteiger partial charge in [0.05, 0.1) is 4.90 Å². The molecular formula is C12H17FN2O2S. The molecular weight excluding hydrogens is 255 g/mol. The van der Waals surface area contributed by atoms with E-state index in [0.29, 0.717) is 0 Å². The number of hydrogen-bond acceptors (Lipinski definition) is 3. The molecule has 18 heavy (non-hydrogen) atoms. The number of nitrogens with zero attached hydrogens (tertiary/aromatic N) is 1. The first-order valence-corrected chi connectivity index (χ1v) is 7.38. The van der Waals surface area contributed by atoms with Gasteiger partial charge in [0.15, 0.2) is 0 Å². The molecule has 6 heteroatoms. The standard InChI is InChI=1S/C12H17FN2O2S/c1-15(9-4-2-5-9)18(16,17)12-7-3-6-11(13)10(12)8-14/h3,6-7,9H,2,4-5,8,14H2,1H3. The molecule has 1 aliphatic rings. The molecule has 1 aliphatic carbocycles. The second kappa shape index (κ2) is 4.95. The van der Waals surface area contributed by atoms with Crippen LogP contribution < -0.4 is 5.73 Å². The van der Waals surface area contributed by atoms with Crippen molar-refractivity contribution in [3.05, 3.63) is 29.6 Å². The van der Waals surface area contributed by atoms with Gasteiger partial charge in [0, 0.05) is 25.2 Å². The summed E-state index contributed by atoms with van der Waals surface area (Å²) in [6.07, 6.45) is 2.77. The van der Waals surface area contributed by atoms with Gasteiger partial charge in [-0.3, -0.25) is 0 Å². The monoisotopic (exact) mass is 272 g/mol. The number of hydrogen-bond donors (Lipinski definition) is 1. The quantitative estimate of drug-likeness (QED) is 0.902. The lowest BCUT2D eigenvalue weighted by atomic mass is 9.94. The molecule has 0 aliphatic heterocycles. The predicted octanol–water partition coefficient (Wildman–Crippen LogP) is 1.46. The zero-order valence-electron chi connectivity index (χ0n) is 10.3. The molecule has 1 saturated carbocycles. The highest BCUT2D eigenvalue weighted by Crippen LogP contribution is 2.30. The van der Waals surface area contributed by atoms with Crippen LogP contribution in [0.2, 0.25) is 0 Å². The number of sulfonamides is 1. The molecule has 1 fully saturated rings. The summed E-state index contributed by atoms with van der Waals surface area (Å²) >= 11 is 0. The van der Waals surface area contributed by atoms with Crippen molar-refractivity contribution in [3.63, 3.8) is 0 Å². The van der Waals surface area contributed by atoms with Crippen molar-refractivity contribution in [1.82, 2.24) is 4.31 Å². The average Bonchev–Trinajstić information content (AvgIpc) is 2.26. The predicted molar refractivity (Wildman–Crippen MR) is 66.9 cm³/mol. The van der Waals surface area contributed by atoms with E-state index in [1.807, 2.05) is 0 Å². The Morgan fingerprint density at radius 1 is 1.44 bits per heavy atom. The third-order valence-electron chi connectivity index (χ3n) is 3.53. The molecule has 0 unspecified atom stereocenters. The molecule has 0 radical (unpaired) electrons. The summed E-state index contributed by atoms with van der Waals surface area (Å²) in [7, 11) is -2.11. The van der Waals surface area contributed by atoms with E-state index in [-0.39, 0.29) is 23.0 Å². The van der Waals surface area contributed by atoms with Crippen molar-refractivity contribution in [2.45, 2.75) is 36.7 Å². The summed E-state index contributed by atoms with van der Waals surface area (Å²) in [5.41, 5.74) is 5.51. The zero-order chi connectivity index (χ0) is 13.3. The lowest BCUT2D eigenvalue weighted by Gasteiger charge is -2.34. The van der Waals surface area contributed by atoms with Gasteiger partial charge in [-0.1, -0.05) is 12.5 Å². The maximum Gasteiger partial charge on any atom is 0.243 e. The molecule has 2 N–H and O–H groups in total. The van der Waals surface area contributed by atoms with Crippen molar-refractivity contribution in [3.8, 4) is 0 Å². The first kappa shape index (κ1) is 13.5. The summed E-state index contributed by atoms with van der Waals surface area (Å²) in [6, 6.07) is 4.07. The van der Waals surface area contributed by atoms with Crippen LogP contribution in [0.5, 0.6) is 0 Å². The van der Waals surface area contributed by atoms with Crippen molar-refractivity contribution < 1.29 is 12.8 Å². The fraction of sp³-hybridized carbons (Fsp3) is 0.500. The Morgan fingerprint density at radius 3 is 2.61 bits per heavy atom. The normalized spacial score (nSPS) is 16.9. The maximum absolute atomic E-state index is 13.6. The highest BCUT2D eigenvalue weighted by Gasteiger charge is 2.33. The SMILES string of the molecule is CN(C1CCC1)S(=O)(=O)c1cccc(F)c1CN. The van der Waals surface area contributed by atoms with Crippen molar-refractivity contribution in [2.24, 2.45) is 5.73 Å². The third-order valence-corrected chi connectivity index (χ3v) is 5.52. The summed E-state index contributed by atoms with van der Waals surface area (Å²) < 4.78 is 39.7. The topological polar surface area (TPSA) is 63.4 Å². The van der Waals surface area contributed by atoms with E-state index >= 15 is 0 Å². The lowest BCUT2D eigenvalue weighted by molar-refractivity contribution is 0.249.